The summed E-state index contributed by atoms with van der Waals surface area (Å²) in [4.78, 5) is 18.4. The molecule has 0 aromatic carbocycles. The minimum absolute atomic E-state index is 0.336. The van der Waals surface area contributed by atoms with E-state index in [1.807, 2.05) is 0 Å². The van der Waals surface area contributed by atoms with E-state index in [4.69, 9.17) is 0 Å². The van der Waals surface area contributed by atoms with E-state index in [9.17, 15) is 4.79 Å². The van der Waals surface area contributed by atoms with Crippen LogP contribution in [0.15, 0.2) is 24.8 Å². The average Bonchev–Trinajstić information content (AvgIpc) is 2.68. The zero-order valence-corrected chi connectivity index (χ0v) is 7.34. The highest BCUT2D eigenvalue weighted by Gasteiger charge is 2.07. The summed E-state index contributed by atoms with van der Waals surface area (Å²) in [6.07, 6.45) is 7.62. The van der Waals surface area contributed by atoms with Gasteiger partial charge in [-0.15, -0.1) is 0 Å². The highest BCUT2D eigenvalue weighted by Crippen LogP contribution is 2.16. The molecule has 0 aliphatic rings. The third kappa shape index (κ3) is 1.52. The molecule has 2 aromatic heterocycles. The topological polar surface area (TPSA) is 71.5 Å². The summed E-state index contributed by atoms with van der Waals surface area (Å²) >= 11 is 0. The van der Waals surface area contributed by atoms with E-state index in [1.165, 1.54) is 0 Å². The number of rotatable bonds is 3. The first-order chi connectivity index (χ1) is 6.92. The predicted octanol–water partition coefficient (Wildman–Crippen LogP) is 0.608. The molecule has 5 nitrogen and oxygen atoms in total. The summed E-state index contributed by atoms with van der Waals surface area (Å²) in [7, 11) is 0. The zero-order valence-electron chi connectivity index (χ0n) is 7.34. The number of nitrogens with zero attached hydrogens (tertiary/aromatic N) is 3. The van der Waals surface area contributed by atoms with E-state index < -0.39 is 0 Å². The maximum Gasteiger partial charge on any atom is 0.124 e. The maximum absolute atomic E-state index is 10.4. The van der Waals surface area contributed by atoms with Crippen molar-refractivity contribution in [1.29, 1.82) is 0 Å². The number of carbonyl (C=O) groups excluding carboxylic acids is 1. The molecule has 0 aliphatic carbocycles. The van der Waals surface area contributed by atoms with E-state index in [-0.39, 0.29) is 0 Å². The van der Waals surface area contributed by atoms with Gasteiger partial charge in [0.1, 0.15) is 12.0 Å². The molecule has 0 atom stereocenters. The van der Waals surface area contributed by atoms with Crippen molar-refractivity contribution in [3.05, 3.63) is 30.4 Å². The van der Waals surface area contributed by atoms with Gasteiger partial charge in [0, 0.05) is 24.4 Å². The molecule has 0 spiro atoms. The van der Waals surface area contributed by atoms with Crippen LogP contribution >= 0.6 is 0 Å². The van der Waals surface area contributed by atoms with Crippen LogP contribution in [0.25, 0.3) is 11.4 Å². The minimum atomic E-state index is 0.336. The molecule has 0 aliphatic heterocycles. The lowest BCUT2D eigenvalue weighted by molar-refractivity contribution is -0.107. The normalized spacial score (nSPS) is 10.0. The molecule has 70 valence electrons. The molecule has 1 N–H and O–H groups in total. The Morgan fingerprint density at radius 3 is 3.00 bits per heavy atom. The van der Waals surface area contributed by atoms with E-state index in [0.717, 1.165) is 17.5 Å². The van der Waals surface area contributed by atoms with Crippen molar-refractivity contribution in [3.8, 4) is 11.4 Å². The van der Waals surface area contributed by atoms with Crippen molar-refractivity contribution in [1.82, 2.24) is 20.2 Å². The second kappa shape index (κ2) is 3.78. The number of hydrogen-bond acceptors (Lipinski definition) is 4. The summed E-state index contributed by atoms with van der Waals surface area (Å²) in [6.45, 7) is 0. The lowest BCUT2D eigenvalue weighted by atomic mass is 10.1. The second-order valence-electron chi connectivity index (χ2n) is 2.73. The van der Waals surface area contributed by atoms with Crippen molar-refractivity contribution < 1.29 is 4.79 Å². The van der Waals surface area contributed by atoms with Crippen LogP contribution in [-0.2, 0) is 11.2 Å². The summed E-state index contributed by atoms with van der Waals surface area (Å²) < 4.78 is 0. The molecule has 0 bridgehead atoms. The van der Waals surface area contributed by atoms with Crippen LogP contribution in [0.2, 0.25) is 0 Å². The molecule has 2 aromatic rings. The van der Waals surface area contributed by atoms with Crippen molar-refractivity contribution in [2.24, 2.45) is 0 Å². The van der Waals surface area contributed by atoms with Gasteiger partial charge in [0.25, 0.3) is 0 Å². The highest BCUT2D eigenvalue weighted by molar-refractivity contribution is 5.64. The van der Waals surface area contributed by atoms with Gasteiger partial charge >= 0.3 is 0 Å². The quantitative estimate of drug-likeness (QED) is 0.716. The molecule has 2 rings (SSSR count). The number of aromatic nitrogens is 4. The van der Waals surface area contributed by atoms with Gasteiger partial charge in [-0.05, 0) is 0 Å². The summed E-state index contributed by atoms with van der Waals surface area (Å²) in [6, 6.07) is 0. The monoisotopic (exact) mass is 188 g/mol. The van der Waals surface area contributed by atoms with Gasteiger partial charge in [0.15, 0.2) is 0 Å². The van der Waals surface area contributed by atoms with Gasteiger partial charge in [-0.1, -0.05) is 0 Å². The summed E-state index contributed by atoms with van der Waals surface area (Å²) in [5, 5.41) is 6.66. The van der Waals surface area contributed by atoms with Gasteiger partial charge in [-0.2, -0.15) is 5.10 Å². The molecule has 0 saturated carbocycles. The first-order valence-corrected chi connectivity index (χ1v) is 4.14. The average molecular weight is 188 g/mol. The summed E-state index contributed by atoms with van der Waals surface area (Å²) in [5.41, 5.74) is 2.28. The van der Waals surface area contributed by atoms with E-state index in [0.29, 0.717) is 12.1 Å². The Morgan fingerprint density at radius 1 is 1.36 bits per heavy atom. The predicted molar refractivity (Wildman–Crippen MR) is 49.4 cm³/mol. The zero-order chi connectivity index (χ0) is 9.80. The standard InChI is InChI=1S/C9H8N4O/c14-4-1-7-5-12-13-9(7)8-6-10-2-3-11-8/h2-6H,1H2,(H,12,13). The highest BCUT2D eigenvalue weighted by atomic mass is 16.1. The van der Waals surface area contributed by atoms with Crippen LogP contribution in [0, 0.1) is 0 Å². The van der Waals surface area contributed by atoms with Crippen molar-refractivity contribution in [3.63, 3.8) is 0 Å². The third-order valence-corrected chi connectivity index (χ3v) is 1.84. The van der Waals surface area contributed by atoms with Gasteiger partial charge in [-0.3, -0.25) is 15.1 Å². The molecule has 0 unspecified atom stereocenters. The fraction of sp³-hybridized carbons (Fsp3) is 0.111. The number of aromatic amines is 1. The Bertz CT molecular complexity index is 423. The molecule has 14 heavy (non-hydrogen) atoms. The second-order valence-corrected chi connectivity index (χ2v) is 2.73. The Hall–Kier alpha value is -2.04. The lowest BCUT2D eigenvalue weighted by Gasteiger charge is -1.97. The Labute approximate surface area is 80.2 Å². The van der Waals surface area contributed by atoms with E-state index in [2.05, 4.69) is 20.2 Å². The van der Waals surface area contributed by atoms with Crippen molar-refractivity contribution in [2.75, 3.05) is 0 Å². The first kappa shape index (κ1) is 8.55. The SMILES string of the molecule is O=CCc1cn[nH]c1-c1cnccn1. The number of carbonyl (C=O) groups is 1. The number of aldehydes is 1. The van der Waals surface area contributed by atoms with Gasteiger partial charge in [-0.25, -0.2) is 0 Å². The molecule has 0 fully saturated rings. The van der Waals surface area contributed by atoms with Crippen LogP contribution in [0.1, 0.15) is 5.56 Å². The number of H-pyrrole nitrogens is 1. The molecular weight excluding hydrogens is 180 g/mol. The number of nitrogens with one attached hydrogen (secondary N) is 1. The lowest BCUT2D eigenvalue weighted by Crippen LogP contribution is -1.90. The van der Waals surface area contributed by atoms with Crippen molar-refractivity contribution in [2.45, 2.75) is 6.42 Å². The molecule has 2 heterocycles. The Kier molecular flexibility index (Phi) is 2.31. The Morgan fingerprint density at radius 2 is 2.29 bits per heavy atom. The molecule has 5 heteroatoms. The molecule has 0 radical (unpaired) electrons. The van der Waals surface area contributed by atoms with Crippen LogP contribution < -0.4 is 0 Å². The molecular formula is C9H8N4O. The minimum Gasteiger partial charge on any atom is -0.303 e. The van der Waals surface area contributed by atoms with E-state index in [1.54, 1.807) is 24.8 Å². The fourth-order valence-corrected chi connectivity index (χ4v) is 1.21. The first-order valence-electron chi connectivity index (χ1n) is 4.14. The Balaban J connectivity index is 2.41. The van der Waals surface area contributed by atoms with Gasteiger partial charge in [0.05, 0.1) is 18.1 Å². The maximum atomic E-state index is 10.4. The van der Waals surface area contributed by atoms with E-state index >= 15 is 0 Å². The molecule has 0 amide bonds. The largest absolute Gasteiger partial charge is 0.303 e. The summed E-state index contributed by atoms with van der Waals surface area (Å²) in [5.74, 6) is 0. The fourth-order valence-electron chi connectivity index (χ4n) is 1.21. The van der Waals surface area contributed by atoms with Crippen LogP contribution in [-0.4, -0.2) is 26.5 Å². The van der Waals surface area contributed by atoms with Gasteiger partial charge < -0.3 is 4.79 Å². The third-order valence-electron chi connectivity index (χ3n) is 1.84. The smallest absolute Gasteiger partial charge is 0.124 e. The van der Waals surface area contributed by atoms with Crippen molar-refractivity contribution >= 4 is 6.29 Å². The van der Waals surface area contributed by atoms with Crippen LogP contribution in [0.4, 0.5) is 0 Å². The van der Waals surface area contributed by atoms with Gasteiger partial charge in [0.2, 0.25) is 0 Å². The van der Waals surface area contributed by atoms with Crippen LogP contribution in [0.3, 0.4) is 0 Å². The van der Waals surface area contributed by atoms with Crippen LogP contribution in [0.5, 0.6) is 0 Å². The molecule has 0 saturated heterocycles. The number of hydrogen-bond donors (Lipinski definition) is 1.